The molecule has 0 bridgehead atoms. The molecule has 0 saturated heterocycles. The van der Waals surface area contributed by atoms with Gasteiger partial charge < -0.3 is 14.8 Å². The Balaban J connectivity index is 2.06. The number of nitrogens with one attached hydrogen (secondary N) is 1. The Morgan fingerprint density at radius 2 is 1.89 bits per heavy atom. The Kier molecular flexibility index (Phi) is 8.61. The van der Waals surface area contributed by atoms with Crippen LogP contribution < -0.4 is 14.8 Å². The monoisotopic (exact) mass is 378 g/mol. The van der Waals surface area contributed by atoms with Gasteiger partial charge in [0, 0.05) is 6.54 Å². The minimum absolute atomic E-state index is 0.0535. The number of rotatable bonds is 10. The minimum atomic E-state index is -0.386. The fraction of sp³-hybridized carbons (Fsp3) is 0.304. The maximum atomic E-state index is 12.3. The highest BCUT2D eigenvalue weighted by Gasteiger charge is 2.11. The molecule has 146 valence electrons. The third-order valence-corrected chi connectivity index (χ3v) is 3.95. The smallest absolute Gasteiger partial charge is 0.261 e. The lowest BCUT2D eigenvalue weighted by atomic mass is 10.1. The first-order valence-corrected chi connectivity index (χ1v) is 9.51. The third kappa shape index (κ3) is 6.48. The van der Waals surface area contributed by atoms with Crippen LogP contribution in [0.3, 0.4) is 0 Å². The summed E-state index contributed by atoms with van der Waals surface area (Å²) in [5.74, 6) is 0.876. The largest absolute Gasteiger partial charge is 0.490 e. The van der Waals surface area contributed by atoms with E-state index in [0.29, 0.717) is 43.2 Å². The van der Waals surface area contributed by atoms with E-state index < -0.39 is 0 Å². The van der Waals surface area contributed by atoms with Crippen LogP contribution in [-0.2, 0) is 11.2 Å². The molecule has 0 saturated carbocycles. The van der Waals surface area contributed by atoms with Crippen molar-refractivity contribution in [1.29, 1.82) is 5.26 Å². The molecule has 0 atom stereocenters. The van der Waals surface area contributed by atoms with Crippen LogP contribution in [-0.4, -0.2) is 25.7 Å². The summed E-state index contributed by atoms with van der Waals surface area (Å²) in [6.07, 6.45) is 3.17. The number of hydrogen-bond acceptors (Lipinski definition) is 4. The molecular formula is C23H26N2O3. The number of nitriles is 1. The van der Waals surface area contributed by atoms with Crippen molar-refractivity contribution < 1.29 is 14.3 Å². The average molecular weight is 378 g/mol. The van der Waals surface area contributed by atoms with Gasteiger partial charge in [0.2, 0.25) is 0 Å². The topological polar surface area (TPSA) is 71.3 Å². The molecule has 2 rings (SSSR count). The van der Waals surface area contributed by atoms with E-state index in [4.69, 9.17) is 9.47 Å². The van der Waals surface area contributed by atoms with Crippen LogP contribution in [0.15, 0.2) is 54.1 Å². The molecule has 2 aromatic carbocycles. The summed E-state index contributed by atoms with van der Waals surface area (Å²) in [7, 11) is 0. The van der Waals surface area contributed by atoms with Crippen LogP contribution in [0.2, 0.25) is 0 Å². The first kappa shape index (κ1) is 21.0. The van der Waals surface area contributed by atoms with E-state index in [0.717, 1.165) is 12.0 Å². The van der Waals surface area contributed by atoms with E-state index in [9.17, 15) is 10.1 Å². The highest BCUT2D eigenvalue weighted by Crippen LogP contribution is 2.29. The minimum Gasteiger partial charge on any atom is -0.490 e. The average Bonchev–Trinajstić information content (AvgIpc) is 2.72. The van der Waals surface area contributed by atoms with Gasteiger partial charge in [-0.05, 0) is 49.1 Å². The molecule has 0 spiro atoms. The maximum Gasteiger partial charge on any atom is 0.261 e. The van der Waals surface area contributed by atoms with Crippen molar-refractivity contribution in [3.8, 4) is 17.6 Å². The zero-order valence-electron chi connectivity index (χ0n) is 16.4. The summed E-state index contributed by atoms with van der Waals surface area (Å²) in [5.41, 5.74) is 1.90. The van der Waals surface area contributed by atoms with Crippen molar-refractivity contribution >= 4 is 12.0 Å². The fourth-order valence-electron chi connectivity index (χ4n) is 2.59. The number of benzene rings is 2. The van der Waals surface area contributed by atoms with Crippen molar-refractivity contribution in [2.24, 2.45) is 0 Å². The molecule has 0 unspecified atom stereocenters. The van der Waals surface area contributed by atoms with Gasteiger partial charge in [0.15, 0.2) is 11.5 Å². The summed E-state index contributed by atoms with van der Waals surface area (Å²) in [5, 5.41) is 12.2. The number of nitrogens with zero attached hydrogens (tertiary/aromatic N) is 1. The molecule has 0 heterocycles. The summed E-state index contributed by atoms with van der Waals surface area (Å²) in [4.78, 5) is 12.3. The van der Waals surface area contributed by atoms with Gasteiger partial charge in [-0.15, -0.1) is 0 Å². The molecule has 0 aliphatic heterocycles. The molecule has 2 aromatic rings. The number of hydrogen-bond donors (Lipinski definition) is 1. The Morgan fingerprint density at radius 1 is 1.11 bits per heavy atom. The molecule has 28 heavy (non-hydrogen) atoms. The quantitative estimate of drug-likeness (QED) is 0.498. The summed E-state index contributed by atoms with van der Waals surface area (Å²) in [6.45, 7) is 5.50. The number of ether oxygens (including phenoxy) is 2. The van der Waals surface area contributed by atoms with Gasteiger partial charge in [-0.2, -0.15) is 5.26 Å². The van der Waals surface area contributed by atoms with Gasteiger partial charge in [-0.3, -0.25) is 4.79 Å². The zero-order chi connectivity index (χ0) is 20.2. The SMILES string of the molecule is CCCOc1ccc(/C=C(\C#N)C(=O)NCCc2ccccc2)cc1OCC. The summed E-state index contributed by atoms with van der Waals surface area (Å²) < 4.78 is 11.3. The van der Waals surface area contributed by atoms with E-state index in [1.54, 1.807) is 18.2 Å². The molecule has 0 aromatic heterocycles. The number of carbonyl (C=O) groups excluding carboxylic acids is 1. The Labute approximate surface area is 166 Å². The number of amides is 1. The first-order valence-electron chi connectivity index (χ1n) is 9.51. The molecule has 0 aliphatic carbocycles. The standard InChI is InChI=1S/C23H26N2O3/c1-3-14-28-21-11-10-19(16-22(21)27-4-2)15-20(17-24)23(26)25-13-12-18-8-6-5-7-9-18/h5-11,15-16H,3-4,12-14H2,1-2H3,(H,25,26)/b20-15+. The van der Waals surface area contributed by atoms with E-state index in [1.165, 1.54) is 0 Å². The van der Waals surface area contributed by atoms with Crippen molar-refractivity contribution in [2.45, 2.75) is 26.7 Å². The molecule has 0 radical (unpaired) electrons. The van der Waals surface area contributed by atoms with E-state index in [-0.39, 0.29) is 11.5 Å². The van der Waals surface area contributed by atoms with E-state index in [1.807, 2.05) is 56.3 Å². The Hall–Kier alpha value is -3.26. The van der Waals surface area contributed by atoms with Gasteiger partial charge in [-0.25, -0.2) is 0 Å². The predicted molar refractivity (Wildman–Crippen MR) is 110 cm³/mol. The van der Waals surface area contributed by atoms with Gasteiger partial charge in [0.1, 0.15) is 11.6 Å². The molecule has 5 heteroatoms. The van der Waals surface area contributed by atoms with Crippen molar-refractivity contribution in [1.82, 2.24) is 5.32 Å². The molecule has 5 nitrogen and oxygen atoms in total. The van der Waals surface area contributed by atoms with Gasteiger partial charge in [0.05, 0.1) is 13.2 Å². The third-order valence-electron chi connectivity index (χ3n) is 3.95. The van der Waals surface area contributed by atoms with Crippen LogP contribution in [0.25, 0.3) is 6.08 Å². The van der Waals surface area contributed by atoms with Gasteiger partial charge in [-0.1, -0.05) is 43.3 Å². The van der Waals surface area contributed by atoms with E-state index in [2.05, 4.69) is 5.32 Å². The second-order valence-electron chi connectivity index (χ2n) is 6.15. The highest BCUT2D eigenvalue weighted by molar-refractivity contribution is 6.01. The first-order chi connectivity index (χ1) is 13.7. The van der Waals surface area contributed by atoms with Gasteiger partial charge >= 0.3 is 0 Å². The lowest BCUT2D eigenvalue weighted by Gasteiger charge is -2.12. The van der Waals surface area contributed by atoms with E-state index >= 15 is 0 Å². The second kappa shape index (κ2) is 11.5. The Morgan fingerprint density at radius 3 is 2.57 bits per heavy atom. The second-order valence-corrected chi connectivity index (χ2v) is 6.15. The van der Waals surface area contributed by atoms with Crippen LogP contribution in [0.4, 0.5) is 0 Å². The summed E-state index contributed by atoms with van der Waals surface area (Å²) in [6, 6.07) is 17.2. The van der Waals surface area contributed by atoms with Crippen molar-refractivity contribution in [3.05, 3.63) is 65.2 Å². The van der Waals surface area contributed by atoms with Crippen LogP contribution in [0.1, 0.15) is 31.4 Å². The van der Waals surface area contributed by atoms with Crippen molar-refractivity contribution in [2.75, 3.05) is 19.8 Å². The zero-order valence-corrected chi connectivity index (χ0v) is 16.4. The van der Waals surface area contributed by atoms with Crippen molar-refractivity contribution in [3.63, 3.8) is 0 Å². The fourth-order valence-corrected chi connectivity index (χ4v) is 2.59. The highest BCUT2D eigenvalue weighted by atomic mass is 16.5. The molecular weight excluding hydrogens is 352 g/mol. The van der Waals surface area contributed by atoms with Gasteiger partial charge in [0.25, 0.3) is 5.91 Å². The predicted octanol–water partition coefficient (Wildman–Crippen LogP) is 4.14. The molecule has 0 aliphatic rings. The Bertz CT molecular complexity index is 839. The molecule has 1 N–H and O–H groups in total. The lowest BCUT2D eigenvalue weighted by Crippen LogP contribution is -2.26. The molecule has 1 amide bonds. The van der Waals surface area contributed by atoms with Crippen LogP contribution in [0.5, 0.6) is 11.5 Å². The normalized spacial score (nSPS) is 10.8. The number of carbonyl (C=O) groups is 1. The van der Waals surface area contributed by atoms with Crippen LogP contribution >= 0.6 is 0 Å². The molecule has 0 fully saturated rings. The lowest BCUT2D eigenvalue weighted by molar-refractivity contribution is -0.117. The summed E-state index contributed by atoms with van der Waals surface area (Å²) >= 11 is 0. The van der Waals surface area contributed by atoms with Crippen LogP contribution in [0, 0.1) is 11.3 Å². The maximum absolute atomic E-state index is 12.3.